The molecule has 0 bridgehead atoms. The summed E-state index contributed by atoms with van der Waals surface area (Å²) in [6, 6.07) is 0.645. The highest BCUT2D eigenvalue weighted by Gasteiger charge is 2.30. The van der Waals surface area contributed by atoms with Gasteiger partial charge < -0.3 is 10.1 Å². The summed E-state index contributed by atoms with van der Waals surface area (Å²) in [4.78, 5) is 2.65. The van der Waals surface area contributed by atoms with Crippen LogP contribution in [0.2, 0.25) is 0 Å². The van der Waals surface area contributed by atoms with Crippen LogP contribution >= 0.6 is 0 Å². The van der Waals surface area contributed by atoms with Gasteiger partial charge in [-0.2, -0.15) is 0 Å². The maximum Gasteiger partial charge on any atom is 0.0674 e. The van der Waals surface area contributed by atoms with E-state index in [4.69, 9.17) is 4.74 Å². The Labute approximate surface area is 99.5 Å². The van der Waals surface area contributed by atoms with Crippen LogP contribution in [-0.4, -0.2) is 49.8 Å². The Kier molecular flexibility index (Phi) is 4.22. The second-order valence-corrected chi connectivity index (χ2v) is 5.56. The molecule has 0 spiro atoms. The number of rotatable bonds is 4. The fourth-order valence-electron chi connectivity index (χ4n) is 2.74. The van der Waals surface area contributed by atoms with Crippen LogP contribution in [0.3, 0.4) is 0 Å². The van der Waals surface area contributed by atoms with Gasteiger partial charge in [0.25, 0.3) is 0 Å². The largest absolute Gasteiger partial charge is 0.376 e. The van der Waals surface area contributed by atoms with Crippen molar-refractivity contribution >= 4 is 0 Å². The molecule has 2 rings (SSSR count). The SMILES string of the molecule is CCC1COC(C)CN1CC(C)C1CNC1. The monoisotopic (exact) mass is 226 g/mol. The molecule has 16 heavy (non-hydrogen) atoms. The first kappa shape index (κ1) is 12.3. The lowest BCUT2D eigenvalue weighted by molar-refractivity contribution is -0.0633. The van der Waals surface area contributed by atoms with E-state index in [1.54, 1.807) is 0 Å². The summed E-state index contributed by atoms with van der Waals surface area (Å²) >= 11 is 0. The Morgan fingerprint density at radius 3 is 2.75 bits per heavy atom. The average Bonchev–Trinajstić information content (AvgIpc) is 2.15. The van der Waals surface area contributed by atoms with E-state index in [-0.39, 0.29) is 0 Å². The summed E-state index contributed by atoms with van der Waals surface area (Å²) in [5, 5.41) is 3.37. The highest BCUT2D eigenvalue weighted by molar-refractivity contribution is 4.84. The first-order valence-electron chi connectivity index (χ1n) is 6.77. The smallest absolute Gasteiger partial charge is 0.0674 e. The normalized spacial score (nSPS) is 34.7. The van der Waals surface area contributed by atoms with Crippen molar-refractivity contribution in [3.63, 3.8) is 0 Å². The lowest BCUT2D eigenvalue weighted by Gasteiger charge is -2.42. The van der Waals surface area contributed by atoms with Crippen LogP contribution in [0, 0.1) is 11.8 Å². The summed E-state index contributed by atoms with van der Waals surface area (Å²) < 4.78 is 5.74. The fourth-order valence-corrected chi connectivity index (χ4v) is 2.74. The van der Waals surface area contributed by atoms with Crippen molar-refractivity contribution in [2.75, 3.05) is 32.8 Å². The number of nitrogens with zero attached hydrogens (tertiary/aromatic N) is 1. The molecule has 2 saturated heterocycles. The first-order chi connectivity index (χ1) is 7.70. The van der Waals surface area contributed by atoms with Gasteiger partial charge in [-0.1, -0.05) is 13.8 Å². The van der Waals surface area contributed by atoms with Crippen LogP contribution in [0.1, 0.15) is 27.2 Å². The lowest BCUT2D eigenvalue weighted by Crippen LogP contribution is -2.53. The highest BCUT2D eigenvalue weighted by atomic mass is 16.5. The van der Waals surface area contributed by atoms with Gasteiger partial charge in [0.1, 0.15) is 0 Å². The summed E-state index contributed by atoms with van der Waals surface area (Å²) in [6.45, 7) is 12.6. The van der Waals surface area contributed by atoms with Crippen molar-refractivity contribution in [3.8, 4) is 0 Å². The first-order valence-corrected chi connectivity index (χ1v) is 6.77. The Morgan fingerprint density at radius 2 is 2.19 bits per heavy atom. The minimum atomic E-state index is 0.412. The maximum atomic E-state index is 5.74. The van der Waals surface area contributed by atoms with Crippen molar-refractivity contribution in [1.82, 2.24) is 10.2 Å². The number of hydrogen-bond acceptors (Lipinski definition) is 3. The Morgan fingerprint density at radius 1 is 1.44 bits per heavy atom. The van der Waals surface area contributed by atoms with Gasteiger partial charge >= 0.3 is 0 Å². The summed E-state index contributed by atoms with van der Waals surface area (Å²) in [7, 11) is 0. The molecule has 3 unspecified atom stereocenters. The van der Waals surface area contributed by atoms with Gasteiger partial charge in [0.05, 0.1) is 12.7 Å². The van der Waals surface area contributed by atoms with E-state index in [2.05, 4.69) is 31.0 Å². The topological polar surface area (TPSA) is 24.5 Å². The summed E-state index contributed by atoms with van der Waals surface area (Å²) in [5.74, 6) is 1.72. The minimum Gasteiger partial charge on any atom is -0.376 e. The average molecular weight is 226 g/mol. The van der Waals surface area contributed by atoms with E-state index >= 15 is 0 Å². The number of morpholine rings is 1. The molecule has 1 N–H and O–H groups in total. The predicted octanol–water partition coefficient (Wildman–Crippen LogP) is 1.34. The van der Waals surface area contributed by atoms with Crippen LogP contribution in [-0.2, 0) is 4.74 Å². The van der Waals surface area contributed by atoms with Crippen molar-refractivity contribution in [2.24, 2.45) is 11.8 Å². The van der Waals surface area contributed by atoms with Gasteiger partial charge in [-0.3, -0.25) is 4.90 Å². The Bertz CT molecular complexity index is 218. The lowest BCUT2D eigenvalue weighted by atomic mass is 9.88. The van der Waals surface area contributed by atoms with E-state index in [1.807, 2.05) is 0 Å². The van der Waals surface area contributed by atoms with Crippen molar-refractivity contribution < 1.29 is 4.74 Å². The van der Waals surface area contributed by atoms with Gasteiger partial charge in [-0.05, 0) is 38.3 Å². The molecule has 0 aromatic rings. The van der Waals surface area contributed by atoms with E-state index in [0.717, 1.165) is 25.0 Å². The molecule has 94 valence electrons. The van der Waals surface area contributed by atoms with Gasteiger partial charge in [-0.25, -0.2) is 0 Å². The second-order valence-electron chi connectivity index (χ2n) is 5.56. The van der Waals surface area contributed by atoms with Crippen LogP contribution < -0.4 is 5.32 Å². The molecule has 2 aliphatic heterocycles. The predicted molar refractivity (Wildman–Crippen MR) is 66.6 cm³/mol. The molecule has 0 saturated carbocycles. The molecule has 3 atom stereocenters. The van der Waals surface area contributed by atoms with Crippen molar-refractivity contribution in [2.45, 2.75) is 39.3 Å². The molecule has 0 aromatic heterocycles. The van der Waals surface area contributed by atoms with E-state index in [1.165, 1.54) is 26.1 Å². The molecule has 0 aliphatic carbocycles. The zero-order chi connectivity index (χ0) is 11.5. The van der Waals surface area contributed by atoms with Crippen LogP contribution in [0.25, 0.3) is 0 Å². The minimum absolute atomic E-state index is 0.412. The zero-order valence-electron chi connectivity index (χ0n) is 10.9. The standard InChI is InChI=1S/C13H26N2O/c1-4-13-9-16-11(3)8-15(13)7-10(2)12-5-14-6-12/h10-14H,4-9H2,1-3H3. The quantitative estimate of drug-likeness (QED) is 0.783. The van der Waals surface area contributed by atoms with E-state index in [9.17, 15) is 0 Å². The van der Waals surface area contributed by atoms with Gasteiger partial charge in [0.15, 0.2) is 0 Å². The second kappa shape index (κ2) is 5.48. The molecular formula is C13H26N2O. The fraction of sp³-hybridized carbons (Fsp3) is 1.00. The zero-order valence-corrected chi connectivity index (χ0v) is 10.9. The third kappa shape index (κ3) is 2.76. The third-order valence-corrected chi connectivity index (χ3v) is 4.19. The Hall–Kier alpha value is -0.120. The van der Waals surface area contributed by atoms with Crippen LogP contribution in [0.4, 0.5) is 0 Å². The van der Waals surface area contributed by atoms with Gasteiger partial charge in [0, 0.05) is 19.1 Å². The molecular weight excluding hydrogens is 200 g/mol. The summed E-state index contributed by atoms with van der Waals surface area (Å²) in [5.41, 5.74) is 0. The van der Waals surface area contributed by atoms with E-state index < -0.39 is 0 Å². The molecule has 3 heteroatoms. The third-order valence-electron chi connectivity index (χ3n) is 4.19. The molecule has 0 amide bonds. The number of ether oxygens (including phenoxy) is 1. The molecule has 0 radical (unpaired) electrons. The van der Waals surface area contributed by atoms with Gasteiger partial charge in [0.2, 0.25) is 0 Å². The maximum absolute atomic E-state index is 5.74. The van der Waals surface area contributed by atoms with Crippen LogP contribution in [0.5, 0.6) is 0 Å². The molecule has 2 aliphatic rings. The highest BCUT2D eigenvalue weighted by Crippen LogP contribution is 2.21. The number of nitrogens with one attached hydrogen (secondary N) is 1. The van der Waals surface area contributed by atoms with E-state index in [0.29, 0.717) is 12.1 Å². The van der Waals surface area contributed by atoms with Crippen molar-refractivity contribution in [3.05, 3.63) is 0 Å². The molecule has 2 heterocycles. The van der Waals surface area contributed by atoms with Crippen molar-refractivity contribution in [1.29, 1.82) is 0 Å². The summed E-state index contributed by atoms with van der Waals surface area (Å²) in [6.07, 6.45) is 1.62. The van der Waals surface area contributed by atoms with Crippen LogP contribution in [0.15, 0.2) is 0 Å². The number of hydrogen-bond donors (Lipinski definition) is 1. The Balaban J connectivity index is 1.84. The molecule has 0 aromatic carbocycles. The molecule has 2 fully saturated rings. The molecule has 3 nitrogen and oxygen atoms in total. The van der Waals surface area contributed by atoms with Gasteiger partial charge in [-0.15, -0.1) is 0 Å².